The second-order valence-electron chi connectivity index (χ2n) is 6.38. The first-order valence-corrected chi connectivity index (χ1v) is 8.64. The Morgan fingerprint density at radius 1 is 0.759 bits per heavy atom. The van der Waals surface area contributed by atoms with Gasteiger partial charge in [-0.1, -0.05) is 19.2 Å². The van der Waals surface area contributed by atoms with Gasteiger partial charge < -0.3 is 34.6 Å². The van der Waals surface area contributed by atoms with Crippen LogP contribution in [0.1, 0.15) is 6.42 Å². The second kappa shape index (κ2) is 13.6. The highest BCUT2D eigenvalue weighted by molar-refractivity contribution is 5.82. The number of hydrogen-bond acceptors (Lipinski definition) is 10. The molecule has 10 heteroatoms. The number of carbonyl (C=O) groups is 3. The van der Waals surface area contributed by atoms with Gasteiger partial charge in [0, 0.05) is 30.2 Å². The molecule has 0 heterocycles. The fourth-order valence-electron chi connectivity index (χ4n) is 1.96. The Morgan fingerprint density at radius 2 is 1.21 bits per heavy atom. The van der Waals surface area contributed by atoms with Crippen molar-refractivity contribution in [1.29, 1.82) is 0 Å². The Morgan fingerprint density at radius 3 is 1.55 bits per heavy atom. The van der Waals surface area contributed by atoms with Gasteiger partial charge in [-0.05, 0) is 6.42 Å². The van der Waals surface area contributed by atoms with E-state index in [1.54, 1.807) is 0 Å². The molecule has 0 saturated heterocycles. The van der Waals surface area contributed by atoms with Crippen LogP contribution in [0.2, 0.25) is 0 Å². The van der Waals surface area contributed by atoms with Gasteiger partial charge in [0.2, 0.25) is 0 Å². The molecule has 0 unspecified atom stereocenters. The van der Waals surface area contributed by atoms with Gasteiger partial charge in [0.05, 0.1) is 25.2 Å². The smallest absolute Gasteiger partial charge is 0.330 e. The van der Waals surface area contributed by atoms with Crippen molar-refractivity contribution in [3.05, 3.63) is 37.5 Å². The number of aliphatic hydroxyl groups excluding tert-OH is 4. The molecule has 0 aliphatic heterocycles. The van der Waals surface area contributed by atoms with E-state index in [1.165, 1.54) is 6.08 Å². The highest BCUT2D eigenvalue weighted by atomic mass is 16.6. The third-order valence-electron chi connectivity index (χ3n) is 4.04. The van der Waals surface area contributed by atoms with Crippen molar-refractivity contribution in [1.82, 2.24) is 0 Å². The zero-order valence-corrected chi connectivity index (χ0v) is 16.1. The van der Waals surface area contributed by atoms with Crippen molar-refractivity contribution in [3.8, 4) is 0 Å². The quantitative estimate of drug-likeness (QED) is 0.146. The van der Waals surface area contributed by atoms with Gasteiger partial charge in [-0.25, -0.2) is 14.4 Å². The fourth-order valence-corrected chi connectivity index (χ4v) is 1.96. The van der Waals surface area contributed by atoms with Crippen LogP contribution in [-0.4, -0.2) is 84.6 Å². The van der Waals surface area contributed by atoms with E-state index in [4.69, 9.17) is 19.3 Å². The maximum Gasteiger partial charge on any atom is 0.330 e. The molecular formula is C19H28O10. The molecule has 0 rings (SSSR count). The van der Waals surface area contributed by atoms with Crippen LogP contribution in [0.4, 0.5) is 0 Å². The zero-order chi connectivity index (χ0) is 22.3. The van der Waals surface area contributed by atoms with Gasteiger partial charge in [0.1, 0.15) is 19.8 Å². The van der Waals surface area contributed by atoms with Gasteiger partial charge in [-0.15, -0.1) is 0 Å². The monoisotopic (exact) mass is 416 g/mol. The predicted molar refractivity (Wildman–Crippen MR) is 100 cm³/mol. The third-order valence-corrected chi connectivity index (χ3v) is 4.04. The molecule has 29 heavy (non-hydrogen) atoms. The molecular weight excluding hydrogens is 388 g/mol. The van der Waals surface area contributed by atoms with E-state index < -0.39 is 68.4 Å². The fraction of sp³-hybridized carbons (Fsp3) is 0.526. The molecule has 0 aromatic heterocycles. The van der Waals surface area contributed by atoms with Crippen LogP contribution < -0.4 is 0 Å². The summed E-state index contributed by atoms with van der Waals surface area (Å²) in [5.74, 6) is -2.47. The van der Waals surface area contributed by atoms with Crippen LogP contribution in [0.15, 0.2) is 37.5 Å². The molecule has 0 fully saturated rings. The lowest BCUT2D eigenvalue weighted by Gasteiger charge is -2.29. The molecule has 0 aromatic carbocycles. The van der Waals surface area contributed by atoms with Crippen molar-refractivity contribution in [2.75, 3.05) is 46.2 Å². The van der Waals surface area contributed by atoms with E-state index in [0.29, 0.717) is 0 Å². The Hall–Kier alpha value is -2.53. The molecule has 4 N–H and O–H groups in total. The van der Waals surface area contributed by atoms with E-state index >= 15 is 0 Å². The summed E-state index contributed by atoms with van der Waals surface area (Å²) in [6.07, 6.45) is 3.98. The maximum absolute atomic E-state index is 12.0. The first-order chi connectivity index (χ1) is 13.8. The molecule has 0 aliphatic carbocycles. The van der Waals surface area contributed by atoms with E-state index in [2.05, 4.69) is 13.2 Å². The van der Waals surface area contributed by atoms with E-state index in [9.17, 15) is 29.7 Å². The van der Waals surface area contributed by atoms with Gasteiger partial charge in [0.15, 0.2) is 0 Å². The Bertz CT molecular complexity index is 568. The molecule has 0 spiro atoms. The van der Waals surface area contributed by atoms with Crippen LogP contribution in [0.5, 0.6) is 0 Å². The molecule has 0 saturated carbocycles. The lowest BCUT2D eigenvalue weighted by atomic mass is 9.86. The number of aliphatic hydroxyl groups is 4. The highest BCUT2D eigenvalue weighted by Crippen LogP contribution is 2.23. The molecule has 0 radical (unpaired) electrons. The number of esters is 3. The topological polar surface area (TPSA) is 160 Å². The summed E-state index contributed by atoms with van der Waals surface area (Å²) < 4.78 is 14.8. The van der Waals surface area contributed by atoms with Gasteiger partial charge in [0.25, 0.3) is 0 Å². The average molecular weight is 416 g/mol. The van der Waals surface area contributed by atoms with Crippen molar-refractivity contribution in [2.24, 2.45) is 10.8 Å². The summed E-state index contributed by atoms with van der Waals surface area (Å²) in [7, 11) is 0. The second-order valence-corrected chi connectivity index (χ2v) is 6.38. The number of carbonyl (C=O) groups excluding carboxylic acids is 3. The number of ether oxygens (including phenoxy) is 3. The zero-order valence-electron chi connectivity index (χ0n) is 16.1. The molecule has 0 atom stereocenters. The number of hydrogen-bond donors (Lipinski definition) is 4. The summed E-state index contributed by atoms with van der Waals surface area (Å²) in [6, 6.07) is 0. The van der Waals surface area contributed by atoms with Gasteiger partial charge >= 0.3 is 17.9 Å². The largest absolute Gasteiger partial charge is 0.462 e. The minimum absolute atomic E-state index is 0.0133. The third kappa shape index (κ3) is 9.48. The molecule has 0 aliphatic rings. The van der Waals surface area contributed by atoms with Gasteiger partial charge in [-0.3, -0.25) is 0 Å². The lowest BCUT2D eigenvalue weighted by molar-refractivity contribution is -0.159. The van der Waals surface area contributed by atoms with Crippen molar-refractivity contribution < 1.29 is 49.0 Å². The van der Waals surface area contributed by atoms with Gasteiger partial charge in [-0.2, -0.15) is 0 Å². The molecule has 0 bridgehead atoms. The molecule has 164 valence electrons. The summed E-state index contributed by atoms with van der Waals surface area (Å²) >= 11 is 0. The van der Waals surface area contributed by atoms with Crippen LogP contribution >= 0.6 is 0 Å². The van der Waals surface area contributed by atoms with Crippen molar-refractivity contribution >= 4 is 17.9 Å². The van der Waals surface area contributed by atoms with Crippen molar-refractivity contribution in [2.45, 2.75) is 6.42 Å². The van der Waals surface area contributed by atoms with E-state index in [-0.39, 0.29) is 13.0 Å². The maximum atomic E-state index is 12.0. The lowest BCUT2D eigenvalue weighted by Crippen LogP contribution is -2.42. The first kappa shape index (κ1) is 26.5. The Labute approximate surface area is 168 Å². The minimum Gasteiger partial charge on any atom is -0.462 e. The van der Waals surface area contributed by atoms with Crippen LogP contribution in [0.3, 0.4) is 0 Å². The van der Waals surface area contributed by atoms with Crippen LogP contribution in [-0.2, 0) is 28.6 Å². The first-order valence-electron chi connectivity index (χ1n) is 8.64. The summed E-state index contributed by atoms with van der Waals surface area (Å²) in [4.78, 5) is 34.6. The van der Waals surface area contributed by atoms with Crippen molar-refractivity contribution in [3.63, 3.8) is 0 Å². The average Bonchev–Trinajstić information content (AvgIpc) is 2.75. The SMILES string of the molecule is C=CC(=O)OCC(CO)(COC(=O)C=C)COC(=O)C=CC(CO)(CO)CCO. The molecule has 10 nitrogen and oxygen atoms in total. The molecule has 0 amide bonds. The number of rotatable bonds is 15. The molecule has 0 aromatic rings. The Balaban J connectivity index is 5.20. The van der Waals surface area contributed by atoms with E-state index in [1.807, 2.05) is 0 Å². The van der Waals surface area contributed by atoms with E-state index in [0.717, 1.165) is 18.2 Å². The summed E-state index contributed by atoms with van der Waals surface area (Å²) in [5, 5.41) is 37.5. The van der Waals surface area contributed by atoms with Crippen LogP contribution in [0.25, 0.3) is 0 Å². The Kier molecular flexibility index (Phi) is 12.4. The minimum atomic E-state index is -1.43. The van der Waals surface area contributed by atoms with Crippen LogP contribution in [0, 0.1) is 10.8 Å². The predicted octanol–water partition coefficient (Wildman–Crippen LogP) is -1.12. The summed E-state index contributed by atoms with van der Waals surface area (Å²) in [5.41, 5.74) is -2.64. The highest BCUT2D eigenvalue weighted by Gasteiger charge is 2.35. The summed E-state index contributed by atoms with van der Waals surface area (Å²) in [6.45, 7) is 3.14. The standard InChI is InChI=1S/C19H28O10/c1-3-15(24)27-12-19(11-23,13-28-16(25)4-2)14-29-17(26)5-6-18(9-21,10-22)7-8-20/h3-6,20-23H,1-2,7-14H2. The normalized spacial score (nSPS) is 11.7.